The van der Waals surface area contributed by atoms with Crippen molar-refractivity contribution in [3.63, 3.8) is 0 Å². The second-order valence-corrected chi connectivity index (χ2v) is 4.42. The van der Waals surface area contributed by atoms with Crippen molar-refractivity contribution in [2.45, 2.75) is 32.9 Å². The highest BCUT2D eigenvalue weighted by molar-refractivity contribution is 5.30. The van der Waals surface area contributed by atoms with Gasteiger partial charge in [0.05, 0.1) is 17.9 Å². The molecule has 5 heteroatoms. The van der Waals surface area contributed by atoms with Gasteiger partial charge in [-0.1, -0.05) is 18.2 Å². The van der Waals surface area contributed by atoms with Crippen molar-refractivity contribution in [2.75, 3.05) is 0 Å². The summed E-state index contributed by atoms with van der Waals surface area (Å²) in [6.45, 7) is 4.67. The van der Waals surface area contributed by atoms with Gasteiger partial charge in [0.25, 0.3) is 0 Å². The topological polar surface area (TPSA) is 56.7 Å². The van der Waals surface area contributed by atoms with Gasteiger partial charge >= 0.3 is 0 Å². The van der Waals surface area contributed by atoms with Gasteiger partial charge in [-0.15, -0.1) is 5.10 Å². The molecule has 1 aromatic carbocycles. The zero-order chi connectivity index (χ0) is 13.1. The molecular formula is C13H17FN4. The highest BCUT2D eigenvalue weighted by atomic mass is 19.1. The number of nitrogens with two attached hydrogens (primary N) is 1. The maximum Gasteiger partial charge on any atom is 0.123 e. The van der Waals surface area contributed by atoms with E-state index in [4.69, 9.17) is 5.73 Å². The van der Waals surface area contributed by atoms with E-state index in [9.17, 15) is 4.39 Å². The average Bonchev–Trinajstić information content (AvgIpc) is 2.75. The van der Waals surface area contributed by atoms with E-state index in [2.05, 4.69) is 17.2 Å². The molecule has 0 aliphatic carbocycles. The summed E-state index contributed by atoms with van der Waals surface area (Å²) in [4.78, 5) is 0. The first-order chi connectivity index (χ1) is 8.61. The smallest absolute Gasteiger partial charge is 0.123 e. The summed E-state index contributed by atoms with van der Waals surface area (Å²) >= 11 is 0. The molecule has 0 radical (unpaired) electrons. The number of hydrogen-bond acceptors (Lipinski definition) is 3. The van der Waals surface area contributed by atoms with E-state index in [0.717, 1.165) is 29.8 Å². The molecule has 2 aromatic rings. The van der Waals surface area contributed by atoms with E-state index in [1.54, 1.807) is 10.9 Å². The van der Waals surface area contributed by atoms with E-state index in [1.807, 2.05) is 13.0 Å². The van der Waals surface area contributed by atoms with Crippen molar-refractivity contribution in [3.05, 3.63) is 47.0 Å². The van der Waals surface area contributed by atoms with Gasteiger partial charge in [0, 0.05) is 6.54 Å². The molecule has 1 unspecified atom stereocenters. The molecule has 1 aromatic heterocycles. The molecule has 2 rings (SSSR count). The van der Waals surface area contributed by atoms with Crippen LogP contribution in [0.5, 0.6) is 0 Å². The van der Waals surface area contributed by atoms with Crippen molar-refractivity contribution < 1.29 is 4.39 Å². The fourth-order valence-corrected chi connectivity index (χ4v) is 2.01. The monoisotopic (exact) mass is 248 g/mol. The molecule has 0 spiro atoms. The standard InChI is InChI=1S/C13H17FN4/c1-3-4-18-12(8-16-17-18)13(15)10-5-9(2)6-11(14)7-10/h5-8,13H,3-4,15H2,1-2H3. The maximum absolute atomic E-state index is 13.4. The minimum Gasteiger partial charge on any atom is -0.319 e. The fraction of sp³-hybridized carbons (Fsp3) is 0.385. The third kappa shape index (κ3) is 2.56. The molecular weight excluding hydrogens is 231 g/mol. The summed E-state index contributed by atoms with van der Waals surface area (Å²) < 4.78 is 15.2. The van der Waals surface area contributed by atoms with Gasteiger partial charge < -0.3 is 5.73 Å². The van der Waals surface area contributed by atoms with E-state index in [0.29, 0.717) is 0 Å². The summed E-state index contributed by atoms with van der Waals surface area (Å²) in [6, 6.07) is 4.43. The average molecular weight is 248 g/mol. The molecule has 0 fully saturated rings. The van der Waals surface area contributed by atoms with Crippen molar-refractivity contribution in [3.8, 4) is 0 Å². The van der Waals surface area contributed by atoms with Gasteiger partial charge in [-0.2, -0.15) is 0 Å². The van der Waals surface area contributed by atoms with Crippen LogP contribution in [0.3, 0.4) is 0 Å². The molecule has 96 valence electrons. The molecule has 1 atom stereocenters. The molecule has 0 amide bonds. The maximum atomic E-state index is 13.4. The lowest BCUT2D eigenvalue weighted by molar-refractivity contribution is 0.542. The van der Waals surface area contributed by atoms with Crippen molar-refractivity contribution in [1.82, 2.24) is 15.0 Å². The number of nitrogens with zero attached hydrogens (tertiary/aromatic N) is 3. The van der Waals surface area contributed by atoms with Crippen LogP contribution in [0, 0.1) is 12.7 Å². The Bertz CT molecular complexity index is 515. The molecule has 18 heavy (non-hydrogen) atoms. The van der Waals surface area contributed by atoms with Gasteiger partial charge in [0.1, 0.15) is 5.82 Å². The normalized spacial score (nSPS) is 12.7. The zero-order valence-electron chi connectivity index (χ0n) is 10.6. The Hall–Kier alpha value is -1.75. The summed E-state index contributed by atoms with van der Waals surface area (Å²) in [5, 5.41) is 7.86. The van der Waals surface area contributed by atoms with Crippen molar-refractivity contribution in [2.24, 2.45) is 5.73 Å². The second kappa shape index (κ2) is 5.27. The minimum absolute atomic E-state index is 0.269. The van der Waals surface area contributed by atoms with E-state index in [-0.39, 0.29) is 5.82 Å². The van der Waals surface area contributed by atoms with Crippen LogP contribution in [-0.2, 0) is 6.54 Å². The Morgan fingerprint density at radius 2 is 2.17 bits per heavy atom. The van der Waals surface area contributed by atoms with Crippen molar-refractivity contribution in [1.29, 1.82) is 0 Å². The van der Waals surface area contributed by atoms with Crippen molar-refractivity contribution >= 4 is 0 Å². The molecule has 4 nitrogen and oxygen atoms in total. The number of hydrogen-bond donors (Lipinski definition) is 1. The third-order valence-corrected chi connectivity index (χ3v) is 2.83. The van der Waals surface area contributed by atoms with Gasteiger partial charge in [0.15, 0.2) is 0 Å². The molecule has 2 N–H and O–H groups in total. The lowest BCUT2D eigenvalue weighted by atomic mass is 10.0. The van der Waals surface area contributed by atoms with Gasteiger partial charge in [-0.05, 0) is 36.6 Å². The quantitative estimate of drug-likeness (QED) is 0.902. The van der Waals surface area contributed by atoms with E-state index in [1.165, 1.54) is 12.1 Å². The molecule has 0 saturated carbocycles. The summed E-state index contributed by atoms with van der Waals surface area (Å²) in [5.41, 5.74) is 8.57. The van der Waals surface area contributed by atoms with Gasteiger partial charge in [0.2, 0.25) is 0 Å². The highest BCUT2D eigenvalue weighted by Gasteiger charge is 2.15. The van der Waals surface area contributed by atoms with E-state index >= 15 is 0 Å². The van der Waals surface area contributed by atoms with Gasteiger partial charge in [-0.25, -0.2) is 9.07 Å². The number of benzene rings is 1. The summed E-state index contributed by atoms with van der Waals surface area (Å²) in [5.74, 6) is -0.269. The first-order valence-corrected chi connectivity index (χ1v) is 6.03. The Kier molecular flexibility index (Phi) is 3.72. The highest BCUT2D eigenvalue weighted by Crippen LogP contribution is 2.21. The lowest BCUT2D eigenvalue weighted by Gasteiger charge is -2.14. The largest absolute Gasteiger partial charge is 0.319 e. The molecule has 0 aliphatic heterocycles. The Morgan fingerprint density at radius 3 is 2.83 bits per heavy atom. The van der Waals surface area contributed by atoms with Crippen LogP contribution in [0.2, 0.25) is 0 Å². The minimum atomic E-state index is -0.402. The number of rotatable bonds is 4. The molecule has 0 bridgehead atoms. The second-order valence-electron chi connectivity index (χ2n) is 4.42. The first-order valence-electron chi connectivity index (χ1n) is 6.03. The summed E-state index contributed by atoms with van der Waals surface area (Å²) in [7, 11) is 0. The van der Waals surface area contributed by atoms with Crippen LogP contribution in [-0.4, -0.2) is 15.0 Å². The van der Waals surface area contributed by atoms with Crippen LogP contribution in [0.4, 0.5) is 4.39 Å². The zero-order valence-corrected chi connectivity index (χ0v) is 10.6. The molecule has 0 aliphatic rings. The summed E-state index contributed by atoms with van der Waals surface area (Å²) in [6.07, 6.45) is 2.59. The van der Waals surface area contributed by atoms with Crippen LogP contribution in [0.25, 0.3) is 0 Å². The van der Waals surface area contributed by atoms with Crippen LogP contribution < -0.4 is 5.73 Å². The molecule has 1 heterocycles. The fourth-order valence-electron chi connectivity index (χ4n) is 2.01. The van der Waals surface area contributed by atoms with Gasteiger partial charge in [-0.3, -0.25) is 0 Å². The predicted molar refractivity (Wildman–Crippen MR) is 67.5 cm³/mol. The predicted octanol–water partition coefficient (Wildman–Crippen LogP) is 2.18. The Labute approximate surface area is 106 Å². The number of halogens is 1. The number of aryl methyl sites for hydroxylation is 2. The third-order valence-electron chi connectivity index (χ3n) is 2.83. The Morgan fingerprint density at radius 1 is 1.39 bits per heavy atom. The van der Waals surface area contributed by atoms with E-state index < -0.39 is 6.04 Å². The lowest BCUT2D eigenvalue weighted by Crippen LogP contribution is -2.18. The Balaban J connectivity index is 2.34. The van der Waals surface area contributed by atoms with Crippen LogP contribution in [0.15, 0.2) is 24.4 Å². The SMILES string of the molecule is CCCn1nncc1C(N)c1cc(C)cc(F)c1. The first kappa shape index (κ1) is 12.7. The van der Waals surface area contributed by atoms with Crippen LogP contribution >= 0.6 is 0 Å². The van der Waals surface area contributed by atoms with Crippen LogP contribution in [0.1, 0.15) is 36.2 Å². The molecule has 0 saturated heterocycles. The number of aromatic nitrogens is 3.